The second kappa shape index (κ2) is 6.92. The van der Waals surface area contributed by atoms with Gasteiger partial charge in [0.05, 0.1) is 19.8 Å². The Morgan fingerprint density at radius 3 is 2.74 bits per heavy atom. The van der Waals surface area contributed by atoms with Gasteiger partial charge in [-0.05, 0) is 31.7 Å². The third kappa shape index (κ3) is 3.95. The first-order chi connectivity index (χ1) is 9.20. The van der Waals surface area contributed by atoms with Crippen LogP contribution in [0.2, 0.25) is 0 Å². The van der Waals surface area contributed by atoms with Gasteiger partial charge in [0.1, 0.15) is 5.75 Å². The van der Waals surface area contributed by atoms with Gasteiger partial charge in [-0.15, -0.1) is 0 Å². The Labute approximate surface area is 116 Å². The van der Waals surface area contributed by atoms with E-state index < -0.39 is 0 Å². The third-order valence-corrected chi connectivity index (χ3v) is 3.91. The number of benzene rings is 1. The Bertz CT molecular complexity index is 400. The van der Waals surface area contributed by atoms with Crippen LogP contribution in [0.1, 0.15) is 42.9 Å². The first kappa shape index (κ1) is 14.4. The summed E-state index contributed by atoms with van der Waals surface area (Å²) in [5.74, 6) is 1.59. The molecule has 1 aromatic carbocycles. The van der Waals surface area contributed by atoms with Crippen LogP contribution in [0.25, 0.3) is 0 Å². The van der Waals surface area contributed by atoms with Crippen LogP contribution in [0.4, 0.5) is 0 Å². The van der Waals surface area contributed by atoms with Gasteiger partial charge >= 0.3 is 0 Å². The van der Waals surface area contributed by atoms with E-state index in [1.807, 2.05) is 12.1 Å². The molecule has 2 rings (SSSR count). The largest absolute Gasteiger partial charge is 0.496 e. The minimum Gasteiger partial charge on any atom is -0.496 e. The van der Waals surface area contributed by atoms with Crippen molar-refractivity contribution in [3.05, 3.63) is 29.3 Å². The highest BCUT2D eigenvalue weighted by molar-refractivity contribution is 5.39. The van der Waals surface area contributed by atoms with Crippen molar-refractivity contribution >= 4 is 0 Å². The zero-order valence-corrected chi connectivity index (χ0v) is 12.0. The maximum atomic E-state index is 6.22. The number of ether oxygens (including phenoxy) is 2. The van der Waals surface area contributed by atoms with E-state index in [1.165, 1.54) is 31.2 Å². The molecule has 1 saturated carbocycles. The van der Waals surface area contributed by atoms with Crippen molar-refractivity contribution in [2.75, 3.05) is 20.3 Å². The molecule has 0 bridgehead atoms. The number of nitrogens with two attached hydrogens (primary N) is 1. The molecule has 0 radical (unpaired) electrons. The van der Waals surface area contributed by atoms with Crippen molar-refractivity contribution in [2.45, 2.75) is 38.6 Å². The molecule has 0 aromatic heterocycles. The number of hydrogen-bond donors (Lipinski definition) is 1. The van der Waals surface area contributed by atoms with Crippen LogP contribution in [-0.4, -0.2) is 20.3 Å². The highest BCUT2D eigenvalue weighted by Gasteiger charge is 2.17. The summed E-state index contributed by atoms with van der Waals surface area (Å²) in [6, 6.07) is 5.98. The Kier molecular flexibility index (Phi) is 5.23. The molecule has 1 unspecified atom stereocenters. The van der Waals surface area contributed by atoms with Gasteiger partial charge in [0.15, 0.2) is 0 Å². The fraction of sp³-hybridized carbons (Fsp3) is 0.625. The molecule has 0 aliphatic heterocycles. The average Bonchev–Trinajstić information content (AvgIpc) is 2.91. The van der Waals surface area contributed by atoms with Crippen molar-refractivity contribution in [1.82, 2.24) is 0 Å². The summed E-state index contributed by atoms with van der Waals surface area (Å²) in [5, 5.41) is 0. The van der Waals surface area contributed by atoms with Crippen molar-refractivity contribution in [3.63, 3.8) is 0 Å². The van der Waals surface area contributed by atoms with Crippen LogP contribution >= 0.6 is 0 Å². The molecule has 1 atom stereocenters. The monoisotopic (exact) mass is 263 g/mol. The van der Waals surface area contributed by atoms with Crippen LogP contribution in [0.15, 0.2) is 18.2 Å². The molecule has 2 N–H and O–H groups in total. The molecule has 0 saturated heterocycles. The minimum atomic E-state index is -0.115. The summed E-state index contributed by atoms with van der Waals surface area (Å²) in [6.45, 7) is 3.48. The number of rotatable bonds is 6. The highest BCUT2D eigenvalue weighted by Crippen LogP contribution is 2.27. The fourth-order valence-corrected chi connectivity index (χ4v) is 2.77. The van der Waals surface area contributed by atoms with Crippen molar-refractivity contribution in [3.8, 4) is 5.75 Å². The average molecular weight is 263 g/mol. The maximum absolute atomic E-state index is 6.22. The lowest BCUT2D eigenvalue weighted by atomic mass is 10.0. The summed E-state index contributed by atoms with van der Waals surface area (Å²) in [6.07, 6.45) is 5.32. The molecule has 106 valence electrons. The van der Waals surface area contributed by atoms with Crippen LogP contribution in [0.3, 0.4) is 0 Å². The number of aryl methyl sites for hydroxylation is 1. The van der Waals surface area contributed by atoms with E-state index in [0.717, 1.165) is 23.8 Å². The first-order valence-corrected chi connectivity index (χ1v) is 7.18. The quantitative estimate of drug-likeness (QED) is 0.857. The molecule has 1 aliphatic carbocycles. The second-order valence-corrected chi connectivity index (χ2v) is 5.54. The van der Waals surface area contributed by atoms with E-state index in [9.17, 15) is 0 Å². The Balaban J connectivity index is 1.87. The van der Waals surface area contributed by atoms with Crippen LogP contribution in [0.5, 0.6) is 5.75 Å². The summed E-state index contributed by atoms with van der Waals surface area (Å²) < 4.78 is 11.2. The number of hydrogen-bond acceptors (Lipinski definition) is 3. The van der Waals surface area contributed by atoms with E-state index >= 15 is 0 Å². The van der Waals surface area contributed by atoms with Crippen molar-refractivity contribution in [2.24, 2.45) is 11.7 Å². The van der Waals surface area contributed by atoms with E-state index in [0.29, 0.717) is 6.61 Å². The predicted octanol–water partition coefficient (Wildman–Crippen LogP) is 3.21. The Morgan fingerprint density at radius 2 is 2.05 bits per heavy atom. The van der Waals surface area contributed by atoms with Gasteiger partial charge in [-0.2, -0.15) is 0 Å². The maximum Gasteiger partial charge on any atom is 0.123 e. The molecule has 0 amide bonds. The molecule has 0 heterocycles. The fourth-order valence-electron chi connectivity index (χ4n) is 2.77. The van der Waals surface area contributed by atoms with Crippen LogP contribution < -0.4 is 10.5 Å². The molecule has 1 fully saturated rings. The third-order valence-electron chi connectivity index (χ3n) is 3.91. The summed E-state index contributed by atoms with van der Waals surface area (Å²) in [7, 11) is 1.68. The SMILES string of the molecule is COc1ccc(C)cc1C(N)COCC1CCCC1. The summed E-state index contributed by atoms with van der Waals surface area (Å²) >= 11 is 0. The molecule has 19 heavy (non-hydrogen) atoms. The van der Waals surface area contributed by atoms with E-state index in [4.69, 9.17) is 15.2 Å². The lowest BCUT2D eigenvalue weighted by Crippen LogP contribution is -2.20. The van der Waals surface area contributed by atoms with Gasteiger partial charge in [0.2, 0.25) is 0 Å². The van der Waals surface area contributed by atoms with Crippen LogP contribution in [-0.2, 0) is 4.74 Å². The van der Waals surface area contributed by atoms with Gasteiger partial charge in [0.25, 0.3) is 0 Å². The first-order valence-electron chi connectivity index (χ1n) is 7.18. The van der Waals surface area contributed by atoms with Gasteiger partial charge < -0.3 is 15.2 Å². The topological polar surface area (TPSA) is 44.5 Å². The van der Waals surface area contributed by atoms with Gasteiger partial charge in [0, 0.05) is 12.2 Å². The molecule has 1 aromatic rings. The summed E-state index contributed by atoms with van der Waals surface area (Å²) in [4.78, 5) is 0. The van der Waals surface area contributed by atoms with Gasteiger partial charge in [-0.25, -0.2) is 0 Å². The molecule has 1 aliphatic rings. The lowest BCUT2D eigenvalue weighted by molar-refractivity contribution is 0.0899. The van der Waals surface area contributed by atoms with Crippen LogP contribution in [0, 0.1) is 12.8 Å². The van der Waals surface area contributed by atoms with Crippen molar-refractivity contribution < 1.29 is 9.47 Å². The zero-order chi connectivity index (χ0) is 13.7. The molecular formula is C16H25NO2. The van der Waals surface area contributed by atoms with Crippen molar-refractivity contribution in [1.29, 1.82) is 0 Å². The molecule has 3 nitrogen and oxygen atoms in total. The molecule has 3 heteroatoms. The molecule has 0 spiro atoms. The normalized spacial score (nSPS) is 17.6. The molecular weight excluding hydrogens is 238 g/mol. The zero-order valence-electron chi connectivity index (χ0n) is 12.0. The second-order valence-electron chi connectivity index (χ2n) is 5.54. The summed E-state index contributed by atoms with van der Waals surface area (Å²) in [5.41, 5.74) is 8.45. The smallest absolute Gasteiger partial charge is 0.123 e. The number of methoxy groups -OCH3 is 1. The Hall–Kier alpha value is -1.06. The predicted molar refractivity (Wildman–Crippen MR) is 77.4 cm³/mol. The lowest BCUT2D eigenvalue weighted by Gasteiger charge is -2.18. The van der Waals surface area contributed by atoms with E-state index in [-0.39, 0.29) is 6.04 Å². The Morgan fingerprint density at radius 1 is 1.32 bits per heavy atom. The minimum absolute atomic E-state index is 0.115. The standard InChI is InChI=1S/C16H25NO2/c1-12-7-8-16(18-2)14(9-12)15(17)11-19-10-13-5-3-4-6-13/h7-9,13,15H,3-6,10-11,17H2,1-2H3. The van der Waals surface area contributed by atoms with E-state index in [1.54, 1.807) is 7.11 Å². The van der Waals surface area contributed by atoms with E-state index in [2.05, 4.69) is 13.0 Å². The van der Waals surface area contributed by atoms with Gasteiger partial charge in [-0.1, -0.05) is 30.5 Å². The highest BCUT2D eigenvalue weighted by atomic mass is 16.5. The van der Waals surface area contributed by atoms with Gasteiger partial charge in [-0.3, -0.25) is 0 Å².